The molecule has 1 fully saturated rings. The smallest absolute Gasteiger partial charge is 0.140 e. The summed E-state index contributed by atoms with van der Waals surface area (Å²) in [5.74, 6) is 1.52. The first-order chi connectivity index (χ1) is 11.3. The minimum Gasteiger partial charge on any atom is -0.490 e. The predicted molar refractivity (Wildman–Crippen MR) is 91.7 cm³/mol. The van der Waals surface area contributed by atoms with Crippen LogP contribution in [0.4, 0.5) is 5.82 Å². The van der Waals surface area contributed by atoms with Gasteiger partial charge >= 0.3 is 0 Å². The molecule has 1 aliphatic heterocycles. The zero-order chi connectivity index (χ0) is 16.1. The second kappa shape index (κ2) is 7.19. The molecule has 2 N–H and O–H groups in total. The molecule has 0 aliphatic carbocycles. The molecule has 0 unspecified atom stereocenters. The molecule has 2 aromatic heterocycles. The minimum absolute atomic E-state index is 0.217. The van der Waals surface area contributed by atoms with E-state index in [0.717, 1.165) is 48.4 Å². The quantitative estimate of drug-likeness (QED) is 0.657. The van der Waals surface area contributed by atoms with Gasteiger partial charge < -0.3 is 15.0 Å². The average Bonchev–Trinajstić information content (AvgIpc) is 3.05. The number of rotatable bonds is 5. The van der Waals surface area contributed by atoms with Gasteiger partial charge in [0, 0.05) is 29.7 Å². The number of piperidine rings is 1. The van der Waals surface area contributed by atoms with Crippen molar-refractivity contribution in [3.05, 3.63) is 36.6 Å². The Hall–Kier alpha value is -2.47. The lowest BCUT2D eigenvalue weighted by molar-refractivity contribution is 0.132. The number of nitrogens with zero attached hydrogens (tertiary/aromatic N) is 3. The highest BCUT2D eigenvalue weighted by Gasteiger charge is 2.21. The Morgan fingerprint density at radius 1 is 1.35 bits per heavy atom. The molecule has 3 heterocycles. The Kier molecular flexibility index (Phi) is 4.83. The van der Waals surface area contributed by atoms with Crippen LogP contribution in [-0.4, -0.2) is 40.9 Å². The van der Waals surface area contributed by atoms with E-state index < -0.39 is 0 Å². The zero-order valence-electron chi connectivity index (χ0n) is 13.2. The number of hydrogen-bond acceptors (Lipinski definition) is 5. The average molecular weight is 311 g/mol. The van der Waals surface area contributed by atoms with Gasteiger partial charge in [-0.25, -0.2) is 15.0 Å². The van der Waals surface area contributed by atoms with Crippen molar-refractivity contribution in [2.24, 2.45) is 4.99 Å². The predicted octanol–water partition coefficient (Wildman–Crippen LogP) is 2.93. The van der Waals surface area contributed by atoms with E-state index in [9.17, 15) is 0 Å². The fourth-order valence-electron chi connectivity index (χ4n) is 2.82. The molecule has 120 valence electrons. The van der Waals surface area contributed by atoms with Gasteiger partial charge in [0.25, 0.3) is 0 Å². The van der Waals surface area contributed by atoms with Crippen LogP contribution >= 0.6 is 0 Å². The van der Waals surface area contributed by atoms with Gasteiger partial charge in [0.15, 0.2) is 0 Å². The second-order valence-electron chi connectivity index (χ2n) is 5.43. The van der Waals surface area contributed by atoms with Crippen LogP contribution < -0.4 is 5.32 Å². The summed E-state index contributed by atoms with van der Waals surface area (Å²) in [4.78, 5) is 15.5. The number of aromatic amines is 1. The van der Waals surface area contributed by atoms with Gasteiger partial charge in [-0.2, -0.15) is 0 Å². The summed E-state index contributed by atoms with van der Waals surface area (Å²) in [7, 11) is 0. The normalized spacial score (nSPS) is 16.3. The largest absolute Gasteiger partial charge is 0.490 e. The van der Waals surface area contributed by atoms with Crippen molar-refractivity contribution in [3.8, 4) is 11.1 Å². The maximum atomic E-state index is 6.26. The van der Waals surface area contributed by atoms with Crippen molar-refractivity contribution >= 4 is 18.3 Å². The molecule has 0 amide bonds. The molecule has 2 aromatic rings. The van der Waals surface area contributed by atoms with Crippen LogP contribution in [0, 0.1) is 0 Å². The number of allylic oxidation sites excluding steroid dienone is 1. The van der Waals surface area contributed by atoms with Crippen molar-refractivity contribution in [2.75, 3.05) is 13.1 Å². The van der Waals surface area contributed by atoms with Crippen LogP contribution in [0.1, 0.15) is 25.3 Å². The maximum absolute atomic E-state index is 6.26. The van der Waals surface area contributed by atoms with Crippen molar-refractivity contribution < 1.29 is 4.74 Å². The highest BCUT2D eigenvalue weighted by molar-refractivity contribution is 5.84. The third kappa shape index (κ3) is 3.32. The SMILES string of the molecule is C=Nc1[nH]cc(-c2cncnc2)c1/C(=C\C)OC1CCNCC1. The van der Waals surface area contributed by atoms with E-state index in [1.54, 1.807) is 12.4 Å². The number of hydrogen-bond donors (Lipinski definition) is 2. The summed E-state index contributed by atoms with van der Waals surface area (Å²) < 4.78 is 6.26. The first-order valence-electron chi connectivity index (χ1n) is 7.81. The second-order valence-corrected chi connectivity index (χ2v) is 5.43. The molecular weight excluding hydrogens is 290 g/mol. The van der Waals surface area contributed by atoms with Crippen LogP contribution in [0.25, 0.3) is 16.9 Å². The first-order valence-corrected chi connectivity index (χ1v) is 7.81. The van der Waals surface area contributed by atoms with E-state index in [-0.39, 0.29) is 6.10 Å². The van der Waals surface area contributed by atoms with Gasteiger partial charge in [-0.1, -0.05) is 0 Å². The fourth-order valence-corrected chi connectivity index (χ4v) is 2.82. The van der Waals surface area contributed by atoms with Gasteiger partial charge in [-0.15, -0.1) is 0 Å². The van der Waals surface area contributed by atoms with Gasteiger partial charge in [-0.05, 0) is 45.6 Å². The summed E-state index contributed by atoms with van der Waals surface area (Å²) in [5.41, 5.74) is 2.80. The van der Waals surface area contributed by atoms with E-state index in [1.807, 2.05) is 19.2 Å². The van der Waals surface area contributed by atoms with Crippen molar-refractivity contribution in [2.45, 2.75) is 25.9 Å². The van der Waals surface area contributed by atoms with Gasteiger partial charge in [0.2, 0.25) is 0 Å². The Morgan fingerprint density at radius 3 is 2.74 bits per heavy atom. The molecule has 1 saturated heterocycles. The standard InChI is InChI=1S/C17H21N5O/c1-3-15(23-13-4-6-19-7-5-13)16-14(10-22-17(16)18-2)12-8-20-11-21-9-12/h3,8-11,13,19,22H,2,4-7H2,1H3/b15-3+. The molecule has 0 spiro atoms. The van der Waals surface area contributed by atoms with Crippen LogP contribution in [0.3, 0.4) is 0 Å². The highest BCUT2D eigenvalue weighted by Crippen LogP contribution is 2.37. The van der Waals surface area contributed by atoms with Crippen molar-refractivity contribution in [1.82, 2.24) is 20.3 Å². The van der Waals surface area contributed by atoms with E-state index in [2.05, 4.69) is 32.0 Å². The van der Waals surface area contributed by atoms with Crippen LogP contribution in [0.2, 0.25) is 0 Å². The number of ether oxygens (including phenoxy) is 1. The third-order valence-electron chi connectivity index (χ3n) is 3.98. The molecule has 23 heavy (non-hydrogen) atoms. The van der Waals surface area contributed by atoms with Crippen molar-refractivity contribution in [3.63, 3.8) is 0 Å². The molecule has 0 radical (unpaired) electrons. The molecule has 0 atom stereocenters. The van der Waals surface area contributed by atoms with E-state index in [4.69, 9.17) is 4.74 Å². The number of nitrogens with one attached hydrogen (secondary N) is 2. The summed E-state index contributed by atoms with van der Waals surface area (Å²) in [6, 6.07) is 0. The Bertz CT molecular complexity index is 686. The van der Waals surface area contributed by atoms with Crippen LogP contribution in [0.5, 0.6) is 0 Å². The van der Waals surface area contributed by atoms with Crippen LogP contribution in [-0.2, 0) is 4.74 Å². The monoisotopic (exact) mass is 311 g/mol. The Balaban J connectivity index is 1.96. The number of aromatic nitrogens is 3. The molecule has 3 rings (SSSR count). The Labute approximate surface area is 135 Å². The highest BCUT2D eigenvalue weighted by atomic mass is 16.5. The zero-order valence-corrected chi connectivity index (χ0v) is 13.2. The topological polar surface area (TPSA) is 75.2 Å². The van der Waals surface area contributed by atoms with Gasteiger partial charge in [0.05, 0.1) is 5.56 Å². The molecule has 1 aliphatic rings. The molecule has 0 aromatic carbocycles. The van der Waals surface area contributed by atoms with Gasteiger partial charge in [0.1, 0.15) is 24.0 Å². The first kappa shape index (κ1) is 15.4. The van der Waals surface area contributed by atoms with Crippen molar-refractivity contribution in [1.29, 1.82) is 0 Å². The Morgan fingerprint density at radius 2 is 2.09 bits per heavy atom. The summed E-state index contributed by atoms with van der Waals surface area (Å²) in [5, 5.41) is 3.35. The molecule has 0 saturated carbocycles. The third-order valence-corrected chi connectivity index (χ3v) is 3.98. The van der Waals surface area contributed by atoms with Gasteiger partial charge in [-0.3, -0.25) is 0 Å². The summed E-state index contributed by atoms with van der Waals surface area (Å²) in [6.45, 7) is 7.60. The van der Waals surface area contributed by atoms with E-state index in [0.29, 0.717) is 5.82 Å². The number of aliphatic imine (C=N–C) groups is 1. The van der Waals surface area contributed by atoms with Crippen LogP contribution in [0.15, 0.2) is 36.0 Å². The van der Waals surface area contributed by atoms with E-state index in [1.165, 1.54) is 6.33 Å². The minimum atomic E-state index is 0.217. The lowest BCUT2D eigenvalue weighted by Crippen LogP contribution is -2.32. The lowest BCUT2D eigenvalue weighted by Gasteiger charge is -2.25. The molecular formula is C17H21N5O. The molecule has 6 heteroatoms. The maximum Gasteiger partial charge on any atom is 0.140 e. The number of H-pyrrole nitrogens is 1. The molecule has 6 nitrogen and oxygen atoms in total. The van der Waals surface area contributed by atoms with E-state index >= 15 is 0 Å². The molecule has 0 bridgehead atoms. The lowest BCUT2D eigenvalue weighted by atomic mass is 10.0. The summed E-state index contributed by atoms with van der Waals surface area (Å²) in [6.07, 6.45) is 11.2. The fraction of sp³-hybridized carbons (Fsp3) is 0.353. The summed E-state index contributed by atoms with van der Waals surface area (Å²) >= 11 is 0.